The standard InChI is InChI=1S/C16H15NO3/c1-11(18)17-15(12-5-3-2-4-6-12)13-7-9-14(10-8-13)16(19)20/h2-10,15H,1H3,(H,17,18)(H,19,20). The summed E-state index contributed by atoms with van der Waals surface area (Å²) in [4.78, 5) is 22.2. The summed E-state index contributed by atoms with van der Waals surface area (Å²) in [6.45, 7) is 1.46. The number of carbonyl (C=O) groups is 2. The molecule has 0 radical (unpaired) electrons. The molecule has 102 valence electrons. The number of amides is 1. The molecule has 0 bridgehead atoms. The highest BCUT2D eigenvalue weighted by atomic mass is 16.4. The molecule has 4 heteroatoms. The number of carboxylic acids is 1. The molecule has 0 aromatic heterocycles. The van der Waals surface area contributed by atoms with Gasteiger partial charge in [-0.15, -0.1) is 0 Å². The first kappa shape index (κ1) is 13.8. The van der Waals surface area contributed by atoms with Crippen LogP contribution in [0, 0.1) is 0 Å². The summed E-state index contributed by atoms with van der Waals surface area (Å²) in [5.41, 5.74) is 2.02. The van der Waals surface area contributed by atoms with Crippen molar-refractivity contribution < 1.29 is 14.7 Å². The first-order valence-corrected chi connectivity index (χ1v) is 6.23. The van der Waals surface area contributed by atoms with Crippen molar-refractivity contribution in [1.82, 2.24) is 5.32 Å². The maximum Gasteiger partial charge on any atom is 0.335 e. The normalized spacial score (nSPS) is 11.7. The fraction of sp³-hybridized carbons (Fsp3) is 0.125. The fourth-order valence-electron chi connectivity index (χ4n) is 2.03. The van der Waals surface area contributed by atoms with Gasteiger partial charge in [-0.3, -0.25) is 4.79 Å². The van der Waals surface area contributed by atoms with Crippen LogP contribution in [0.15, 0.2) is 54.6 Å². The molecule has 0 spiro atoms. The summed E-state index contributed by atoms with van der Waals surface area (Å²) >= 11 is 0. The number of hydrogen-bond donors (Lipinski definition) is 2. The maximum absolute atomic E-state index is 11.4. The van der Waals surface area contributed by atoms with Crippen molar-refractivity contribution in [2.45, 2.75) is 13.0 Å². The summed E-state index contributed by atoms with van der Waals surface area (Å²) in [6.07, 6.45) is 0. The Balaban J connectivity index is 2.36. The minimum absolute atomic E-state index is 0.138. The Morgan fingerprint density at radius 2 is 1.50 bits per heavy atom. The van der Waals surface area contributed by atoms with Crippen LogP contribution in [-0.2, 0) is 4.79 Å². The molecular formula is C16H15NO3. The van der Waals surface area contributed by atoms with Crippen molar-refractivity contribution in [2.75, 3.05) is 0 Å². The van der Waals surface area contributed by atoms with E-state index in [1.165, 1.54) is 19.1 Å². The molecule has 2 aromatic rings. The van der Waals surface area contributed by atoms with E-state index >= 15 is 0 Å². The second-order valence-electron chi connectivity index (χ2n) is 4.47. The van der Waals surface area contributed by atoms with E-state index < -0.39 is 5.97 Å². The third-order valence-electron chi connectivity index (χ3n) is 2.97. The van der Waals surface area contributed by atoms with Crippen LogP contribution in [0.4, 0.5) is 0 Å². The summed E-state index contributed by atoms with van der Waals surface area (Å²) < 4.78 is 0. The number of rotatable bonds is 4. The van der Waals surface area contributed by atoms with Crippen LogP contribution in [0.3, 0.4) is 0 Å². The Hall–Kier alpha value is -2.62. The number of hydrogen-bond acceptors (Lipinski definition) is 2. The molecule has 20 heavy (non-hydrogen) atoms. The molecule has 0 aliphatic carbocycles. The van der Waals surface area contributed by atoms with Gasteiger partial charge in [-0.1, -0.05) is 42.5 Å². The summed E-state index contributed by atoms with van der Waals surface area (Å²) in [6, 6.07) is 15.8. The van der Waals surface area contributed by atoms with E-state index in [0.29, 0.717) is 0 Å². The van der Waals surface area contributed by atoms with Crippen molar-refractivity contribution in [2.24, 2.45) is 0 Å². The third-order valence-corrected chi connectivity index (χ3v) is 2.97. The van der Waals surface area contributed by atoms with Gasteiger partial charge in [0, 0.05) is 6.92 Å². The van der Waals surface area contributed by atoms with Crippen molar-refractivity contribution in [3.05, 3.63) is 71.3 Å². The van der Waals surface area contributed by atoms with Gasteiger partial charge in [0.05, 0.1) is 11.6 Å². The zero-order valence-corrected chi connectivity index (χ0v) is 11.0. The van der Waals surface area contributed by atoms with Crippen LogP contribution in [0.25, 0.3) is 0 Å². The van der Waals surface area contributed by atoms with Crippen LogP contribution in [-0.4, -0.2) is 17.0 Å². The second-order valence-corrected chi connectivity index (χ2v) is 4.47. The van der Waals surface area contributed by atoms with Crippen LogP contribution >= 0.6 is 0 Å². The van der Waals surface area contributed by atoms with Gasteiger partial charge < -0.3 is 10.4 Å². The van der Waals surface area contributed by atoms with Gasteiger partial charge in [-0.2, -0.15) is 0 Å². The lowest BCUT2D eigenvalue weighted by atomic mass is 9.97. The fourth-order valence-corrected chi connectivity index (χ4v) is 2.03. The number of aromatic carboxylic acids is 1. The van der Waals surface area contributed by atoms with Crippen LogP contribution in [0.2, 0.25) is 0 Å². The summed E-state index contributed by atoms with van der Waals surface area (Å²) in [5, 5.41) is 11.8. The van der Waals surface area contributed by atoms with Crippen LogP contribution < -0.4 is 5.32 Å². The minimum Gasteiger partial charge on any atom is -0.478 e. The smallest absolute Gasteiger partial charge is 0.335 e. The molecule has 0 saturated carbocycles. The molecule has 0 fully saturated rings. The van der Waals surface area contributed by atoms with E-state index in [2.05, 4.69) is 5.32 Å². The molecule has 2 N–H and O–H groups in total. The van der Waals surface area contributed by atoms with E-state index in [4.69, 9.17) is 5.11 Å². The number of carbonyl (C=O) groups excluding carboxylic acids is 1. The monoisotopic (exact) mass is 269 g/mol. The van der Waals surface area contributed by atoms with E-state index in [9.17, 15) is 9.59 Å². The van der Waals surface area contributed by atoms with Gasteiger partial charge in [0.15, 0.2) is 0 Å². The first-order chi connectivity index (χ1) is 9.58. The van der Waals surface area contributed by atoms with Crippen molar-refractivity contribution in [3.63, 3.8) is 0 Å². The Morgan fingerprint density at radius 3 is 2.00 bits per heavy atom. The minimum atomic E-state index is -0.965. The molecule has 0 saturated heterocycles. The number of carboxylic acid groups (broad SMARTS) is 1. The lowest BCUT2D eigenvalue weighted by Crippen LogP contribution is -2.26. The van der Waals surface area contributed by atoms with Gasteiger partial charge in [0.25, 0.3) is 0 Å². The van der Waals surface area contributed by atoms with Gasteiger partial charge >= 0.3 is 5.97 Å². The van der Waals surface area contributed by atoms with Crippen LogP contribution in [0.5, 0.6) is 0 Å². The van der Waals surface area contributed by atoms with Gasteiger partial charge in [0.1, 0.15) is 0 Å². The molecule has 0 heterocycles. The zero-order chi connectivity index (χ0) is 14.5. The quantitative estimate of drug-likeness (QED) is 0.896. The molecule has 0 aliphatic heterocycles. The molecule has 2 rings (SSSR count). The Bertz CT molecular complexity index is 605. The molecule has 0 aliphatic rings. The highest BCUT2D eigenvalue weighted by molar-refractivity contribution is 5.87. The zero-order valence-electron chi connectivity index (χ0n) is 11.0. The molecule has 1 unspecified atom stereocenters. The second kappa shape index (κ2) is 6.02. The lowest BCUT2D eigenvalue weighted by Gasteiger charge is -2.19. The molecule has 1 atom stereocenters. The van der Waals surface area contributed by atoms with Gasteiger partial charge in [-0.25, -0.2) is 4.79 Å². The number of benzene rings is 2. The van der Waals surface area contributed by atoms with E-state index in [-0.39, 0.29) is 17.5 Å². The molecule has 4 nitrogen and oxygen atoms in total. The van der Waals surface area contributed by atoms with Crippen molar-refractivity contribution >= 4 is 11.9 Å². The topological polar surface area (TPSA) is 66.4 Å². The predicted octanol–water partition coefficient (Wildman–Crippen LogP) is 2.61. The first-order valence-electron chi connectivity index (χ1n) is 6.23. The van der Waals surface area contributed by atoms with E-state index in [0.717, 1.165) is 11.1 Å². The third kappa shape index (κ3) is 3.23. The Kier molecular flexibility index (Phi) is 4.15. The highest BCUT2D eigenvalue weighted by Gasteiger charge is 2.15. The van der Waals surface area contributed by atoms with Crippen molar-refractivity contribution in [1.29, 1.82) is 0 Å². The average Bonchev–Trinajstić information content (AvgIpc) is 2.45. The van der Waals surface area contributed by atoms with Crippen LogP contribution in [0.1, 0.15) is 34.5 Å². The highest BCUT2D eigenvalue weighted by Crippen LogP contribution is 2.22. The Morgan fingerprint density at radius 1 is 0.950 bits per heavy atom. The lowest BCUT2D eigenvalue weighted by molar-refractivity contribution is -0.119. The molecular weight excluding hydrogens is 254 g/mol. The summed E-state index contributed by atoms with van der Waals surface area (Å²) in [7, 11) is 0. The molecule has 1 amide bonds. The molecule has 2 aromatic carbocycles. The van der Waals surface area contributed by atoms with E-state index in [1.54, 1.807) is 12.1 Å². The SMILES string of the molecule is CC(=O)NC(c1ccccc1)c1ccc(C(=O)O)cc1. The largest absolute Gasteiger partial charge is 0.478 e. The van der Waals surface area contributed by atoms with Gasteiger partial charge in [-0.05, 0) is 23.3 Å². The van der Waals surface area contributed by atoms with Crippen molar-refractivity contribution in [3.8, 4) is 0 Å². The Labute approximate surface area is 117 Å². The summed E-state index contributed by atoms with van der Waals surface area (Å²) in [5.74, 6) is -1.10. The van der Waals surface area contributed by atoms with Gasteiger partial charge in [0.2, 0.25) is 5.91 Å². The number of nitrogens with one attached hydrogen (secondary N) is 1. The predicted molar refractivity (Wildman–Crippen MR) is 75.5 cm³/mol. The maximum atomic E-state index is 11.4. The average molecular weight is 269 g/mol. The van der Waals surface area contributed by atoms with E-state index in [1.807, 2.05) is 30.3 Å².